The second-order valence-corrected chi connectivity index (χ2v) is 6.87. The monoisotopic (exact) mass is 354 g/mol. The second-order valence-electron chi connectivity index (χ2n) is 6.02. The summed E-state index contributed by atoms with van der Waals surface area (Å²) in [7, 11) is 2.14. The lowest BCUT2D eigenvalue weighted by molar-refractivity contribution is 0.0216. The zero-order valence-corrected chi connectivity index (χ0v) is 14.7. The normalized spacial score (nSPS) is 20.3. The van der Waals surface area contributed by atoms with Gasteiger partial charge in [0.2, 0.25) is 0 Å². The van der Waals surface area contributed by atoms with Gasteiger partial charge >= 0.3 is 0 Å². The molecule has 0 aliphatic carbocycles. The Labute approximate surface area is 137 Å². The Morgan fingerprint density at radius 2 is 2.24 bits per heavy atom. The maximum Gasteiger partial charge on any atom is 0.0749 e. The minimum atomic E-state index is 0.237. The standard InChI is InChI=1S/C17H27BrN2O/c1-3-14(19)10-13-7-8-15(11-17(13)18)20(2)12-16-6-4-5-9-21-16/h7-8,11,14,16H,3-6,9-10,12,19H2,1-2H3. The maximum atomic E-state index is 6.05. The maximum absolute atomic E-state index is 6.05. The molecule has 0 radical (unpaired) electrons. The van der Waals surface area contributed by atoms with E-state index in [9.17, 15) is 0 Å². The van der Waals surface area contributed by atoms with Crippen molar-refractivity contribution in [3.05, 3.63) is 28.2 Å². The fraction of sp³-hybridized carbons (Fsp3) is 0.647. The average Bonchev–Trinajstić information content (AvgIpc) is 2.50. The van der Waals surface area contributed by atoms with Crippen molar-refractivity contribution in [1.29, 1.82) is 0 Å². The van der Waals surface area contributed by atoms with Crippen molar-refractivity contribution in [1.82, 2.24) is 0 Å². The first-order valence-electron chi connectivity index (χ1n) is 7.97. The summed E-state index contributed by atoms with van der Waals surface area (Å²) in [6.45, 7) is 4.00. The van der Waals surface area contributed by atoms with Gasteiger partial charge < -0.3 is 15.4 Å². The van der Waals surface area contributed by atoms with Gasteiger partial charge in [-0.1, -0.05) is 28.9 Å². The minimum absolute atomic E-state index is 0.237. The van der Waals surface area contributed by atoms with Crippen LogP contribution >= 0.6 is 15.9 Å². The van der Waals surface area contributed by atoms with Gasteiger partial charge in [-0.05, 0) is 49.8 Å². The molecular formula is C17H27BrN2O. The van der Waals surface area contributed by atoms with Crippen LogP contribution in [0.2, 0.25) is 0 Å². The predicted octanol–water partition coefficient (Wildman–Crippen LogP) is 3.73. The van der Waals surface area contributed by atoms with E-state index in [1.54, 1.807) is 0 Å². The number of benzene rings is 1. The van der Waals surface area contributed by atoms with Gasteiger partial charge in [-0.25, -0.2) is 0 Å². The summed E-state index contributed by atoms with van der Waals surface area (Å²) in [5, 5.41) is 0. The molecule has 1 aliphatic rings. The third kappa shape index (κ3) is 4.97. The highest BCUT2D eigenvalue weighted by Gasteiger charge is 2.16. The molecule has 118 valence electrons. The topological polar surface area (TPSA) is 38.5 Å². The van der Waals surface area contributed by atoms with E-state index in [-0.39, 0.29) is 6.04 Å². The highest BCUT2D eigenvalue weighted by Crippen LogP contribution is 2.26. The first-order valence-corrected chi connectivity index (χ1v) is 8.76. The molecule has 1 saturated heterocycles. The summed E-state index contributed by atoms with van der Waals surface area (Å²) in [4.78, 5) is 2.28. The number of anilines is 1. The van der Waals surface area contributed by atoms with Gasteiger partial charge in [-0.2, -0.15) is 0 Å². The number of likely N-dealkylation sites (N-methyl/N-ethyl adjacent to an activating group) is 1. The van der Waals surface area contributed by atoms with Crippen molar-refractivity contribution in [3.8, 4) is 0 Å². The van der Waals surface area contributed by atoms with Crippen LogP contribution < -0.4 is 10.6 Å². The molecule has 2 N–H and O–H groups in total. The molecule has 1 fully saturated rings. The van der Waals surface area contributed by atoms with Crippen LogP contribution in [-0.2, 0) is 11.2 Å². The number of rotatable bonds is 6. The Morgan fingerprint density at radius 1 is 1.43 bits per heavy atom. The van der Waals surface area contributed by atoms with Crippen LogP contribution in [0.3, 0.4) is 0 Å². The first kappa shape index (κ1) is 16.8. The Balaban J connectivity index is 1.97. The van der Waals surface area contributed by atoms with E-state index in [2.05, 4.69) is 53.0 Å². The molecule has 0 saturated carbocycles. The molecule has 1 heterocycles. The lowest BCUT2D eigenvalue weighted by Gasteiger charge is -2.29. The Morgan fingerprint density at radius 3 is 2.86 bits per heavy atom. The molecule has 0 bridgehead atoms. The Kier molecular flexibility index (Phi) is 6.52. The van der Waals surface area contributed by atoms with Crippen molar-refractivity contribution in [3.63, 3.8) is 0 Å². The van der Waals surface area contributed by atoms with E-state index in [0.29, 0.717) is 6.10 Å². The third-order valence-corrected chi connectivity index (χ3v) is 4.97. The third-order valence-electron chi connectivity index (χ3n) is 4.24. The van der Waals surface area contributed by atoms with Crippen molar-refractivity contribution in [2.24, 2.45) is 5.73 Å². The molecular weight excluding hydrogens is 328 g/mol. The molecule has 2 atom stereocenters. The number of halogens is 1. The molecule has 4 heteroatoms. The van der Waals surface area contributed by atoms with Gasteiger partial charge in [0.1, 0.15) is 0 Å². The van der Waals surface area contributed by atoms with Crippen molar-refractivity contribution in [2.75, 3.05) is 25.1 Å². The molecule has 0 amide bonds. The van der Waals surface area contributed by atoms with Crippen LogP contribution in [0, 0.1) is 0 Å². The summed E-state index contributed by atoms with van der Waals surface area (Å²) in [6.07, 6.45) is 5.97. The second kappa shape index (κ2) is 8.16. The van der Waals surface area contributed by atoms with E-state index in [0.717, 1.165) is 30.5 Å². The summed E-state index contributed by atoms with van der Waals surface area (Å²) in [5.41, 5.74) is 8.56. The van der Waals surface area contributed by atoms with Gasteiger partial charge in [0.15, 0.2) is 0 Å². The fourth-order valence-corrected chi connectivity index (χ4v) is 3.26. The lowest BCUT2D eigenvalue weighted by atomic mass is 10.0. The molecule has 1 aliphatic heterocycles. The van der Waals surface area contributed by atoms with Gasteiger partial charge in [0, 0.05) is 36.4 Å². The molecule has 2 rings (SSSR count). The number of hydrogen-bond donors (Lipinski definition) is 1. The van der Waals surface area contributed by atoms with Crippen LogP contribution in [0.15, 0.2) is 22.7 Å². The van der Waals surface area contributed by atoms with Crippen LogP contribution in [0.4, 0.5) is 5.69 Å². The van der Waals surface area contributed by atoms with Crippen molar-refractivity contribution < 1.29 is 4.74 Å². The highest BCUT2D eigenvalue weighted by molar-refractivity contribution is 9.10. The fourth-order valence-electron chi connectivity index (χ4n) is 2.73. The molecule has 0 spiro atoms. The summed E-state index contributed by atoms with van der Waals surface area (Å²) < 4.78 is 6.97. The highest BCUT2D eigenvalue weighted by atomic mass is 79.9. The zero-order chi connectivity index (χ0) is 15.2. The lowest BCUT2D eigenvalue weighted by Crippen LogP contribution is -2.33. The summed E-state index contributed by atoms with van der Waals surface area (Å²) in [5.74, 6) is 0. The smallest absolute Gasteiger partial charge is 0.0749 e. The van der Waals surface area contributed by atoms with Crippen molar-refractivity contribution >= 4 is 21.6 Å². The van der Waals surface area contributed by atoms with Crippen LogP contribution in [-0.4, -0.2) is 32.3 Å². The van der Waals surface area contributed by atoms with Gasteiger partial charge in [0.05, 0.1) is 6.10 Å². The number of nitrogens with two attached hydrogens (primary N) is 1. The van der Waals surface area contributed by atoms with Gasteiger partial charge in [-0.3, -0.25) is 0 Å². The largest absolute Gasteiger partial charge is 0.376 e. The molecule has 1 aromatic rings. The Bertz CT molecular complexity index is 446. The SMILES string of the molecule is CCC(N)Cc1ccc(N(C)CC2CCCCO2)cc1Br. The molecule has 21 heavy (non-hydrogen) atoms. The van der Waals surface area contributed by atoms with Crippen LogP contribution in [0.1, 0.15) is 38.2 Å². The van der Waals surface area contributed by atoms with E-state index in [1.165, 1.54) is 30.5 Å². The predicted molar refractivity (Wildman–Crippen MR) is 93.0 cm³/mol. The number of nitrogens with zero attached hydrogens (tertiary/aromatic N) is 1. The van der Waals surface area contributed by atoms with E-state index >= 15 is 0 Å². The van der Waals surface area contributed by atoms with E-state index in [4.69, 9.17) is 10.5 Å². The zero-order valence-electron chi connectivity index (χ0n) is 13.1. The van der Waals surface area contributed by atoms with E-state index < -0.39 is 0 Å². The number of hydrogen-bond acceptors (Lipinski definition) is 3. The first-order chi connectivity index (χ1) is 10.1. The molecule has 0 aromatic heterocycles. The van der Waals surface area contributed by atoms with Gasteiger partial charge in [-0.15, -0.1) is 0 Å². The Hall–Kier alpha value is -0.580. The summed E-state index contributed by atoms with van der Waals surface area (Å²) in [6, 6.07) is 6.81. The quantitative estimate of drug-likeness (QED) is 0.845. The van der Waals surface area contributed by atoms with Crippen LogP contribution in [0.25, 0.3) is 0 Å². The van der Waals surface area contributed by atoms with E-state index in [1.807, 2.05) is 0 Å². The molecule has 3 nitrogen and oxygen atoms in total. The average molecular weight is 355 g/mol. The molecule has 2 unspecified atom stereocenters. The summed E-state index contributed by atoms with van der Waals surface area (Å²) >= 11 is 3.68. The van der Waals surface area contributed by atoms with Crippen LogP contribution in [0.5, 0.6) is 0 Å². The van der Waals surface area contributed by atoms with Gasteiger partial charge in [0.25, 0.3) is 0 Å². The molecule has 1 aromatic carbocycles. The van der Waals surface area contributed by atoms with Crippen molar-refractivity contribution in [2.45, 2.75) is 51.2 Å². The number of ether oxygens (including phenoxy) is 1. The minimum Gasteiger partial charge on any atom is -0.376 e.